The van der Waals surface area contributed by atoms with Crippen LogP contribution < -0.4 is 0 Å². The molecule has 2 aromatic carbocycles. The molecule has 30 heavy (non-hydrogen) atoms. The molecule has 152 valence electrons. The van der Waals surface area contributed by atoms with E-state index >= 15 is 0 Å². The molecule has 0 saturated carbocycles. The lowest BCUT2D eigenvalue weighted by atomic mass is 9.89. The summed E-state index contributed by atoms with van der Waals surface area (Å²) in [4.78, 5) is 18.2. The van der Waals surface area contributed by atoms with E-state index in [0.29, 0.717) is 12.3 Å². The number of piperidine rings is 1. The van der Waals surface area contributed by atoms with Gasteiger partial charge in [0.15, 0.2) is 0 Å². The Balaban J connectivity index is 1.15. The van der Waals surface area contributed by atoms with Crippen LogP contribution in [0, 0.1) is 0 Å². The number of fused-ring (bicyclic) bond motifs is 1. The van der Waals surface area contributed by atoms with Crippen molar-refractivity contribution in [3.63, 3.8) is 0 Å². The van der Waals surface area contributed by atoms with Crippen LogP contribution in [0.2, 0.25) is 0 Å². The van der Waals surface area contributed by atoms with Crippen molar-refractivity contribution in [1.82, 2.24) is 19.7 Å². The third-order valence-electron chi connectivity index (χ3n) is 6.19. The zero-order valence-electron chi connectivity index (χ0n) is 17.0. The summed E-state index contributed by atoms with van der Waals surface area (Å²) in [7, 11) is 0. The van der Waals surface area contributed by atoms with Gasteiger partial charge in [0.25, 0.3) is 0 Å². The van der Waals surface area contributed by atoms with E-state index in [-0.39, 0.29) is 5.91 Å². The number of para-hydroxylation sites is 2. The topological polar surface area (TPSA) is 53.9 Å². The number of rotatable bonds is 5. The Bertz CT molecular complexity index is 1140. The lowest BCUT2D eigenvalue weighted by Gasteiger charge is -2.32. The second-order valence-electron chi connectivity index (χ2n) is 8.07. The number of likely N-dealkylation sites (tertiary alicyclic amines) is 1. The lowest BCUT2D eigenvalue weighted by Crippen LogP contribution is -2.38. The zero-order chi connectivity index (χ0) is 20.3. The number of aromatic amines is 1. The van der Waals surface area contributed by atoms with Gasteiger partial charge < -0.3 is 9.88 Å². The molecule has 5 nitrogen and oxygen atoms in total. The summed E-state index contributed by atoms with van der Waals surface area (Å²) in [6.07, 6.45) is 9.36. The number of nitrogens with one attached hydrogen (secondary N) is 1. The number of carbonyl (C=O) groups is 1. The van der Waals surface area contributed by atoms with Crippen LogP contribution in [0.4, 0.5) is 0 Å². The number of hydrogen-bond donors (Lipinski definition) is 1. The van der Waals surface area contributed by atoms with Crippen molar-refractivity contribution in [1.29, 1.82) is 0 Å². The largest absolute Gasteiger partial charge is 0.361 e. The van der Waals surface area contributed by atoms with Crippen LogP contribution in [0.15, 0.2) is 73.2 Å². The highest BCUT2D eigenvalue weighted by atomic mass is 16.2. The third-order valence-corrected chi connectivity index (χ3v) is 6.19. The number of H-pyrrole nitrogens is 1. The van der Waals surface area contributed by atoms with Gasteiger partial charge >= 0.3 is 0 Å². The smallest absolute Gasteiger partial charge is 0.222 e. The molecular formula is C25H26N4O. The summed E-state index contributed by atoms with van der Waals surface area (Å²) in [6, 6.07) is 18.5. The molecule has 1 fully saturated rings. The first-order chi connectivity index (χ1) is 14.8. The number of aryl methyl sites for hydroxylation is 1. The number of amides is 1. The van der Waals surface area contributed by atoms with Gasteiger partial charge in [-0.05, 0) is 54.5 Å². The van der Waals surface area contributed by atoms with Gasteiger partial charge in [0.1, 0.15) is 0 Å². The molecule has 0 spiro atoms. The molecule has 1 aliphatic heterocycles. The Hall–Kier alpha value is -3.34. The van der Waals surface area contributed by atoms with Crippen LogP contribution in [0.3, 0.4) is 0 Å². The highest BCUT2D eigenvalue weighted by Gasteiger charge is 2.25. The molecule has 1 amide bonds. The average molecular weight is 399 g/mol. The van der Waals surface area contributed by atoms with Gasteiger partial charge in [-0.2, -0.15) is 5.10 Å². The standard InChI is InChI=1S/C25H26N4O/c30-25(11-10-19-16-27-29(18-19)21-6-2-1-3-7-21)28-14-12-20(13-15-28)23-17-26-24-9-5-4-8-22(23)24/h1-9,16-18,20,26H,10-15H2. The normalized spacial score (nSPS) is 15.0. The zero-order valence-corrected chi connectivity index (χ0v) is 17.0. The summed E-state index contributed by atoms with van der Waals surface area (Å²) < 4.78 is 1.87. The van der Waals surface area contributed by atoms with Crippen LogP contribution >= 0.6 is 0 Å². The Kier molecular flexibility index (Phi) is 5.10. The molecular weight excluding hydrogens is 372 g/mol. The molecule has 5 rings (SSSR count). The van der Waals surface area contributed by atoms with Crippen LogP contribution in [0.5, 0.6) is 0 Å². The van der Waals surface area contributed by atoms with E-state index in [2.05, 4.69) is 40.5 Å². The minimum atomic E-state index is 0.250. The van der Waals surface area contributed by atoms with Crippen molar-refractivity contribution in [3.05, 3.63) is 84.3 Å². The van der Waals surface area contributed by atoms with Gasteiger partial charge in [-0.1, -0.05) is 36.4 Å². The maximum Gasteiger partial charge on any atom is 0.222 e. The molecule has 1 saturated heterocycles. The summed E-state index contributed by atoms with van der Waals surface area (Å²) in [5.41, 5.74) is 4.73. The van der Waals surface area contributed by atoms with E-state index in [4.69, 9.17) is 0 Å². The number of nitrogens with zero attached hydrogens (tertiary/aromatic N) is 3. The van der Waals surface area contributed by atoms with E-state index in [0.717, 1.165) is 43.6 Å². The molecule has 0 atom stereocenters. The van der Waals surface area contributed by atoms with Crippen molar-refractivity contribution in [2.45, 2.75) is 31.6 Å². The fourth-order valence-corrected chi connectivity index (χ4v) is 4.49. The number of hydrogen-bond acceptors (Lipinski definition) is 2. The maximum absolute atomic E-state index is 12.7. The molecule has 0 unspecified atom stereocenters. The van der Waals surface area contributed by atoms with Gasteiger partial charge in [0, 0.05) is 42.8 Å². The van der Waals surface area contributed by atoms with E-state index < -0.39 is 0 Å². The Morgan fingerprint density at radius 3 is 2.63 bits per heavy atom. The fourth-order valence-electron chi connectivity index (χ4n) is 4.49. The first-order valence-electron chi connectivity index (χ1n) is 10.7. The van der Waals surface area contributed by atoms with E-state index in [9.17, 15) is 4.79 Å². The van der Waals surface area contributed by atoms with Crippen LogP contribution in [-0.4, -0.2) is 38.7 Å². The molecule has 1 aliphatic rings. The van der Waals surface area contributed by atoms with Crippen LogP contribution in [0.1, 0.15) is 36.3 Å². The summed E-state index contributed by atoms with van der Waals surface area (Å²) >= 11 is 0. The molecule has 1 N–H and O–H groups in total. The van der Waals surface area contributed by atoms with Crippen LogP contribution in [0.25, 0.3) is 16.6 Å². The molecule has 4 aromatic rings. The molecule has 0 aliphatic carbocycles. The van der Waals surface area contributed by atoms with Crippen molar-refractivity contribution < 1.29 is 4.79 Å². The van der Waals surface area contributed by atoms with Crippen molar-refractivity contribution >= 4 is 16.8 Å². The number of aromatic nitrogens is 3. The third kappa shape index (κ3) is 3.75. The molecule has 5 heteroatoms. The minimum absolute atomic E-state index is 0.250. The first-order valence-corrected chi connectivity index (χ1v) is 10.7. The maximum atomic E-state index is 12.7. The van der Waals surface area contributed by atoms with Crippen molar-refractivity contribution in [2.75, 3.05) is 13.1 Å². The van der Waals surface area contributed by atoms with Gasteiger partial charge in [0.05, 0.1) is 11.9 Å². The highest BCUT2D eigenvalue weighted by Crippen LogP contribution is 2.33. The molecule has 3 heterocycles. The first kappa shape index (κ1) is 18.7. The lowest BCUT2D eigenvalue weighted by molar-refractivity contribution is -0.132. The quantitative estimate of drug-likeness (QED) is 0.530. The predicted octanol–water partition coefficient (Wildman–Crippen LogP) is 4.69. The highest BCUT2D eigenvalue weighted by molar-refractivity contribution is 5.83. The Morgan fingerprint density at radius 1 is 1.03 bits per heavy atom. The van der Waals surface area contributed by atoms with E-state index in [1.807, 2.05) is 52.3 Å². The van der Waals surface area contributed by atoms with E-state index in [1.165, 1.54) is 16.5 Å². The predicted molar refractivity (Wildman–Crippen MR) is 119 cm³/mol. The fraction of sp³-hybridized carbons (Fsp3) is 0.280. The monoisotopic (exact) mass is 398 g/mol. The Morgan fingerprint density at radius 2 is 1.80 bits per heavy atom. The van der Waals surface area contributed by atoms with Crippen LogP contribution in [-0.2, 0) is 11.2 Å². The second-order valence-corrected chi connectivity index (χ2v) is 8.07. The average Bonchev–Trinajstić information content (AvgIpc) is 3.46. The van der Waals surface area contributed by atoms with E-state index in [1.54, 1.807) is 0 Å². The van der Waals surface area contributed by atoms with Crippen molar-refractivity contribution in [3.8, 4) is 5.69 Å². The minimum Gasteiger partial charge on any atom is -0.361 e. The van der Waals surface area contributed by atoms with Crippen molar-refractivity contribution in [2.24, 2.45) is 0 Å². The molecule has 2 aromatic heterocycles. The second kappa shape index (κ2) is 8.19. The molecule has 0 radical (unpaired) electrons. The number of carbonyl (C=O) groups excluding carboxylic acids is 1. The van der Waals surface area contributed by atoms with Gasteiger partial charge in [-0.3, -0.25) is 4.79 Å². The number of benzene rings is 2. The SMILES string of the molecule is O=C(CCc1cnn(-c2ccccc2)c1)N1CCC(c2c[nH]c3ccccc23)CC1. The summed E-state index contributed by atoms with van der Waals surface area (Å²) in [6.45, 7) is 1.68. The summed E-state index contributed by atoms with van der Waals surface area (Å²) in [5.74, 6) is 0.772. The summed E-state index contributed by atoms with van der Waals surface area (Å²) in [5, 5.41) is 5.75. The van der Waals surface area contributed by atoms with Gasteiger partial charge in [-0.25, -0.2) is 4.68 Å². The van der Waals surface area contributed by atoms with Gasteiger partial charge in [0.2, 0.25) is 5.91 Å². The Labute approximate surface area is 176 Å². The van der Waals surface area contributed by atoms with Gasteiger partial charge in [-0.15, -0.1) is 0 Å². The molecule has 0 bridgehead atoms.